The number of anilines is 1. The molecule has 1 fully saturated rings. The number of aryl methyl sites for hydroxylation is 1. The van der Waals surface area contributed by atoms with Crippen LogP contribution in [0.25, 0.3) is 5.95 Å². The summed E-state index contributed by atoms with van der Waals surface area (Å²) in [6.45, 7) is 3.26. The number of benzene rings is 1. The van der Waals surface area contributed by atoms with Crippen molar-refractivity contribution in [2.45, 2.75) is 0 Å². The van der Waals surface area contributed by atoms with Gasteiger partial charge in [0.2, 0.25) is 5.95 Å². The fourth-order valence-electron chi connectivity index (χ4n) is 2.88. The van der Waals surface area contributed by atoms with Crippen molar-refractivity contribution in [3.8, 4) is 12.0 Å². The van der Waals surface area contributed by atoms with Gasteiger partial charge in [-0.2, -0.15) is 15.0 Å². The fourth-order valence-corrected chi connectivity index (χ4v) is 2.88. The molecule has 3 aromatic rings. The van der Waals surface area contributed by atoms with Crippen molar-refractivity contribution in [1.29, 1.82) is 5.26 Å². The van der Waals surface area contributed by atoms with Crippen molar-refractivity contribution in [2.24, 2.45) is 17.3 Å². The van der Waals surface area contributed by atoms with E-state index in [1.54, 1.807) is 17.0 Å². The molecule has 1 aliphatic heterocycles. The molecule has 0 unspecified atom stereocenters. The average Bonchev–Trinajstić information content (AvgIpc) is 3.32. The highest BCUT2D eigenvalue weighted by Crippen LogP contribution is 2.26. The van der Waals surface area contributed by atoms with Crippen LogP contribution in [0.2, 0.25) is 0 Å². The van der Waals surface area contributed by atoms with Gasteiger partial charge in [0, 0.05) is 38.2 Å². The molecule has 0 saturated carbocycles. The van der Waals surface area contributed by atoms with Gasteiger partial charge in [0.15, 0.2) is 5.82 Å². The van der Waals surface area contributed by atoms with Gasteiger partial charge < -0.3 is 14.2 Å². The van der Waals surface area contributed by atoms with Gasteiger partial charge in [-0.15, -0.1) is 10.2 Å². The molecular weight excluding hydrogens is 344 g/mol. The molecule has 1 saturated heterocycles. The van der Waals surface area contributed by atoms with Crippen LogP contribution in [-0.2, 0) is 11.8 Å². The van der Waals surface area contributed by atoms with Gasteiger partial charge in [0.05, 0.1) is 25.1 Å². The molecule has 9 nitrogen and oxygen atoms in total. The molecule has 0 N–H and O–H groups in total. The highest BCUT2D eigenvalue weighted by atomic mass is 16.5. The van der Waals surface area contributed by atoms with Crippen LogP contribution >= 0.6 is 0 Å². The molecule has 0 aliphatic carbocycles. The predicted molar refractivity (Wildman–Crippen MR) is 98.7 cm³/mol. The minimum Gasteiger partial charge on any atom is -0.378 e. The van der Waals surface area contributed by atoms with E-state index in [1.807, 2.05) is 31.3 Å². The van der Waals surface area contributed by atoms with E-state index in [9.17, 15) is 5.26 Å². The summed E-state index contributed by atoms with van der Waals surface area (Å²) in [5.74, 6) is 0.914. The molecular formula is C18H18N8O. The third-order valence-corrected chi connectivity index (χ3v) is 4.34. The summed E-state index contributed by atoms with van der Waals surface area (Å²) in [6.07, 6.45) is 4.92. The zero-order valence-corrected chi connectivity index (χ0v) is 14.9. The number of imidazole rings is 1. The second-order valence-electron chi connectivity index (χ2n) is 6.06. The summed E-state index contributed by atoms with van der Waals surface area (Å²) in [7, 11) is 1.85. The molecule has 136 valence electrons. The van der Waals surface area contributed by atoms with E-state index in [4.69, 9.17) is 4.74 Å². The van der Waals surface area contributed by atoms with E-state index in [0.717, 1.165) is 32.0 Å². The largest absolute Gasteiger partial charge is 0.378 e. The van der Waals surface area contributed by atoms with Crippen LogP contribution in [-0.4, -0.2) is 45.6 Å². The SMILES string of the molecule is Cn1ccnc1-n1ncc(C#N)c1/N=N/c1ccc(N2CCOCC2)cc1. The smallest absolute Gasteiger partial charge is 0.232 e. The van der Waals surface area contributed by atoms with Crippen LogP contribution < -0.4 is 4.90 Å². The molecule has 0 atom stereocenters. The molecule has 3 heterocycles. The molecule has 2 aromatic heterocycles. The fraction of sp³-hybridized carbons (Fsp3) is 0.278. The predicted octanol–water partition coefficient (Wildman–Crippen LogP) is 2.73. The maximum absolute atomic E-state index is 9.33. The Bertz CT molecular complexity index is 989. The van der Waals surface area contributed by atoms with Crippen LogP contribution in [0, 0.1) is 11.3 Å². The minimum absolute atomic E-state index is 0.340. The van der Waals surface area contributed by atoms with Crippen molar-refractivity contribution in [2.75, 3.05) is 31.2 Å². The molecule has 4 rings (SSSR count). The maximum atomic E-state index is 9.33. The first-order chi connectivity index (χ1) is 13.3. The van der Waals surface area contributed by atoms with Crippen LogP contribution in [0.4, 0.5) is 17.2 Å². The Labute approximate surface area is 156 Å². The number of azo groups is 1. The summed E-state index contributed by atoms with van der Waals surface area (Å²) in [4.78, 5) is 6.52. The molecule has 0 radical (unpaired) electrons. The number of rotatable bonds is 4. The zero-order valence-electron chi connectivity index (χ0n) is 14.9. The number of hydrogen-bond donors (Lipinski definition) is 0. The summed E-state index contributed by atoms with van der Waals surface area (Å²) in [5, 5.41) is 22.1. The van der Waals surface area contributed by atoms with Gasteiger partial charge in [-0.3, -0.25) is 0 Å². The normalized spacial score (nSPS) is 14.6. The van der Waals surface area contributed by atoms with Crippen molar-refractivity contribution in [1.82, 2.24) is 19.3 Å². The van der Waals surface area contributed by atoms with Crippen molar-refractivity contribution in [3.05, 3.63) is 48.4 Å². The van der Waals surface area contributed by atoms with E-state index in [-0.39, 0.29) is 0 Å². The van der Waals surface area contributed by atoms with Gasteiger partial charge >= 0.3 is 0 Å². The Balaban J connectivity index is 1.59. The second-order valence-corrected chi connectivity index (χ2v) is 6.06. The van der Waals surface area contributed by atoms with E-state index in [2.05, 4.69) is 31.3 Å². The lowest BCUT2D eigenvalue weighted by atomic mass is 10.2. The lowest BCUT2D eigenvalue weighted by molar-refractivity contribution is 0.122. The monoisotopic (exact) mass is 362 g/mol. The number of nitrogens with zero attached hydrogens (tertiary/aromatic N) is 8. The third-order valence-electron chi connectivity index (χ3n) is 4.34. The summed E-state index contributed by atoms with van der Waals surface area (Å²) < 4.78 is 8.68. The van der Waals surface area contributed by atoms with Crippen LogP contribution in [0.15, 0.2) is 53.1 Å². The Morgan fingerprint density at radius 1 is 1.15 bits per heavy atom. The highest BCUT2D eigenvalue weighted by Gasteiger charge is 2.15. The Kier molecular flexibility index (Phi) is 4.63. The summed E-state index contributed by atoms with van der Waals surface area (Å²) >= 11 is 0. The van der Waals surface area contributed by atoms with Crippen molar-refractivity contribution >= 4 is 17.2 Å². The molecule has 9 heteroatoms. The maximum Gasteiger partial charge on any atom is 0.232 e. The molecule has 1 aromatic carbocycles. The number of hydrogen-bond acceptors (Lipinski definition) is 7. The Morgan fingerprint density at radius 2 is 1.93 bits per heavy atom. The van der Waals surface area contributed by atoms with Gasteiger partial charge in [0.25, 0.3) is 0 Å². The molecule has 27 heavy (non-hydrogen) atoms. The van der Waals surface area contributed by atoms with Crippen LogP contribution in [0.1, 0.15) is 5.56 Å². The number of ether oxygens (including phenoxy) is 1. The standard InChI is InChI=1S/C18H18N8O/c1-24-7-6-20-18(24)26-17(14(12-19)13-21-26)23-22-15-2-4-16(5-3-15)25-8-10-27-11-9-25/h2-7,13H,8-11H2,1H3/b23-22+. The van der Waals surface area contributed by atoms with E-state index in [1.165, 1.54) is 10.9 Å². The number of aromatic nitrogens is 4. The van der Waals surface area contributed by atoms with Gasteiger partial charge in [0.1, 0.15) is 11.6 Å². The topological polar surface area (TPSA) is 96.6 Å². The Hall–Kier alpha value is -3.51. The molecule has 0 amide bonds. The first-order valence-electron chi connectivity index (χ1n) is 8.56. The zero-order chi connectivity index (χ0) is 18.6. The molecule has 0 bridgehead atoms. The van der Waals surface area contributed by atoms with Crippen molar-refractivity contribution < 1.29 is 4.74 Å². The lowest BCUT2D eigenvalue weighted by Gasteiger charge is -2.28. The van der Waals surface area contributed by atoms with Crippen LogP contribution in [0.5, 0.6) is 0 Å². The second kappa shape index (κ2) is 7.39. The first kappa shape index (κ1) is 16.9. The van der Waals surface area contributed by atoms with Gasteiger partial charge in [-0.05, 0) is 24.3 Å². The summed E-state index contributed by atoms with van der Waals surface area (Å²) in [5.41, 5.74) is 2.17. The number of morpholine rings is 1. The third kappa shape index (κ3) is 3.43. The first-order valence-corrected chi connectivity index (χ1v) is 8.56. The number of nitriles is 1. The highest BCUT2D eigenvalue weighted by molar-refractivity contribution is 5.54. The van der Waals surface area contributed by atoms with Crippen LogP contribution in [0.3, 0.4) is 0 Å². The summed E-state index contributed by atoms with van der Waals surface area (Å²) in [6, 6.07) is 9.93. The van der Waals surface area contributed by atoms with E-state index >= 15 is 0 Å². The lowest BCUT2D eigenvalue weighted by Crippen LogP contribution is -2.36. The van der Waals surface area contributed by atoms with E-state index in [0.29, 0.717) is 23.0 Å². The van der Waals surface area contributed by atoms with Gasteiger partial charge in [-0.1, -0.05) is 0 Å². The minimum atomic E-state index is 0.340. The molecule has 0 spiro atoms. The average molecular weight is 362 g/mol. The molecule has 1 aliphatic rings. The quantitative estimate of drug-likeness (QED) is 0.665. The van der Waals surface area contributed by atoms with Crippen molar-refractivity contribution in [3.63, 3.8) is 0 Å². The Morgan fingerprint density at radius 3 is 2.59 bits per heavy atom. The van der Waals surface area contributed by atoms with E-state index < -0.39 is 0 Å². The van der Waals surface area contributed by atoms with Gasteiger partial charge in [-0.25, -0.2) is 4.98 Å².